The highest BCUT2D eigenvalue weighted by atomic mass is 19.1. The molecule has 5 nitrogen and oxygen atoms in total. The van der Waals surface area contributed by atoms with Gasteiger partial charge in [-0.15, -0.1) is 0 Å². The topological polar surface area (TPSA) is 75.1 Å². The summed E-state index contributed by atoms with van der Waals surface area (Å²) in [5.74, 6) is -0.0155. The number of amides is 1. The number of carbonyl (C=O) groups is 1. The summed E-state index contributed by atoms with van der Waals surface area (Å²) in [4.78, 5) is 21.7. The molecule has 0 atom stereocenters. The smallest absolute Gasteiger partial charge is 0.229 e. The summed E-state index contributed by atoms with van der Waals surface area (Å²) in [5.41, 5.74) is 3.76. The minimum Gasteiger partial charge on any atom is -0.508 e. The Bertz CT molecular complexity index is 1180. The normalized spacial score (nSPS) is 10.6. The van der Waals surface area contributed by atoms with Crippen molar-refractivity contribution in [2.75, 3.05) is 5.32 Å². The van der Waals surface area contributed by atoms with E-state index in [2.05, 4.69) is 10.3 Å². The predicted octanol–water partition coefficient (Wildman–Crippen LogP) is 4.76. The van der Waals surface area contributed by atoms with Crippen LogP contribution in [0.2, 0.25) is 0 Å². The van der Waals surface area contributed by atoms with Crippen molar-refractivity contribution in [3.63, 3.8) is 0 Å². The maximum Gasteiger partial charge on any atom is 0.229 e. The van der Waals surface area contributed by atoms with E-state index in [9.17, 15) is 14.3 Å². The molecule has 0 aliphatic carbocycles. The molecule has 0 spiro atoms. The van der Waals surface area contributed by atoms with Gasteiger partial charge in [-0.3, -0.25) is 4.79 Å². The predicted molar refractivity (Wildman–Crippen MR) is 117 cm³/mol. The maximum absolute atomic E-state index is 13.3. The van der Waals surface area contributed by atoms with Crippen molar-refractivity contribution < 1.29 is 14.3 Å². The summed E-state index contributed by atoms with van der Waals surface area (Å²) < 4.78 is 13.3. The van der Waals surface area contributed by atoms with Crippen LogP contribution in [-0.2, 0) is 17.6 Å². The van der Waals surface area contributed by atoms with Gasteiger partial charge in [0.2, 0.25) is 5.91 Å². The van der Waals surface area contributed by atoms with Gasteiger partial charge < -0.3 is 10.4 Å². The molecule has 0 radical (unpaired) electrons. The number of benzene rings is 3. The SMILES string of the molecule is O=C(Cc1ccc(O)cc1)Nc1ncc(-c2ccc(F)cc2)nc1Cc1ccccc1. The van der Waals surface area contributed by atoms with Crippen molar-refractivity contribution in [1.29, 1.82) is 0 Å². The lowest BCUT2D eigenvalue weighted by molar-refractivity contribution is -0.115. The third-order valence-corrected chi connectivity index (χ3v) is 4.76. The molecule has 4 aromatic rings. The van der Waals surface area contributed by atoms with Crippen molar-refractivity contribution in [1.82, 2.24) is 9.97 Å². The molecule has 1 aromatic heterocycles. The van der Waals surface area contributed by atoms with E-state index in [0.717, 1.165) is 16.7 Å². The summed E-state index contributed by atoms with van der Waals surface area (Å²) >= 11 is 0. The second-order valence-corrected chi connectivity index (χ2v) is 7.11. The van der Waals surface area contributed by atoms with E-state index in [1.807, 2.05) is 30.3 Å². The molecule has 0 aliphatic heterocycles. The molecule has 0 fully saturated rings. The van der Waals surface area contributed by atoms with Crippen LogP contribution in [0.1, 0.15) is 16.8 Å². The first-order chi connectivity index (χ1) is 15.1. The fourth-order valence-corrected chi connectivity index (χ4v) is 3.18. The van der Waals surface area contributed by atoms with Crippen molar-refractivity contribution in [2.24, 2.45) is 0 Å². The average Bonchev–Trinajstić information content (AvgIpc) is 2.78. The van der Waals surface area contributed by atoms with Crippen molar-refractivity contribution in [3.8, 4) is 17.0 Å². The van der Waals surface area contributed by atoms with Gasteiger partial charge in [0.15, 0.2) is 5.82 Å². The van der Waals surface area contributed by atoms with Gasteiger partial charge >= 0.3 is 0 Å². The van der Waals surface area contributed by atoms with Crippen LogP contribution < -0.4 is 5.32 Å². The summed E-state index contributed by atoms with van der Waals surface area (Å²) in [6.45, 7) is 0. The first kappa shape index (κ1) is 20.2. The summed E-state index contributed by atoms with van der Waals surface area (Å²) in [6, 6.07) is 22.3. The summed E-state index contributed by atoms with van der Waals surface area (Å²) in [6.07, 6.45) is 2.20. The molecule has 0 saturated heterocycles. The molecule has 0 aliphatic rings. The van der Waals surface area contributed by atoms with E-state index in [-0.39, 0.29) is 23.9 Å². The zero-order chi connectivity index (χ0) is 21.6. The Kier molecular flexibility index (Phi) is 5.98. The Balaban J connectivity index is 1.61. The van der Waals surface area contributed by atoms with Crippen LogP contribution in [0.5, 0.6) is 5.75 Å². The number of nitrogens with one attached hydrogen (secondary N) is 1. The largest absolute Gasteiger partial charge is 0.508 e. The molecule has 31 heavy (non-hydrogen) atoms. The lowest BCUT2D eigenvalue weighted by atomic mass is 10.1. The molecule has 2 N–H and O–H groups in total. The lowest BCUT2D eigenvalue weighted by Crippen LogP contribution is -2.17. The minimum atomic E-state index is -0.320. The molecule has 3 aromatic carbocycles. The molecular formula is C25H20FN3O2. The maximum atomic E-state index is 13.3. The van der Waals surface area contributed by atoms with Gasteiger partial charge in [0.25, 0.3) is 0 Å². The highest BCUT2D eigenvalue weighted by Gasteiger charge is 2.13. The number of phenolic OH excluding ortho intramolecular Hbond substituents is 1. The van der Waals surface area contributed by atoms with E-state index < -0.39 is 0 Å². The Labute approximate surface area is 179 Å². The molecule has 1 amide bonds. The monoisotopic (exact) mass is 413 g/mol. The standard InChI is InChI=1S/C25H20FN3O2/c26-20-10-8-19(9-11-20)23-16-27-25(22(28-23)14-17-4-2-1-3-5-17)29-24(31)15-18-6-12-21(30)13-7-18/h1-13,16,30H,14-15H2,(H,27,29,31). The number of nitrogens with zero attached hydrogens (tertiary/aromatic N) is 2. The van der Waals surface area contributed by atoms with E-state index in [1.165, 1.54) is 12.1 Å². The number of rotatable bonds is 6. The fraction of sp³-hybridized carbons (Fsp3) is 0.0800. The van der Waals surface area contributed by atoms with Gasteiger partial charge in [0.1, 0.15) is 11.6 Å². The third kappa shape index (κ3) is 5.30. The van der Waals surface area contributed by atoms with Crippen LogP contribution in [0.4, 0.5) is 10.2 Å². The number of phenols is 1. The van der Waals surface area contributed by atoms with Crippen LogP contribution in [0.15, 0.2) is 85.1 Å². The second-order valence-electron chi connectivity index (χ2n) is 7.11. The molecule has 6 heteroatoms. The molecular weight excluding hydrogens is 393 g/mol. The van der Waals surface area contributed by atoms with Gasteiger partial charge in [0.05, 0.1) is 24.0 Å². The van der Waals surface area contributed by atoms with E-state index >= 15 is 0 Å². The van der Waals surface area contributed by atoms with E-state index in [0.29, 0.717) is 23.6 Å². The van der Waals surface area contributed by atoms with E-state index in [4.69, 9.17) is 4.98 Å². The number of aromatic nitrogens is 2. The molecule has 0 bridgehead atoms. The van der Waals surface area contributed by atoms with Crippen molar-refractivity contribution in [2.45, 2.75) is 12.8 Å². The molecule has 4 rings (SSSR count). The van der Waals surface area contributed by atoms with Crippen LogP contribution in [0, 0.1) is 5.82 Å². The number of halogens is 1. The first-order valence-electron chi connectivity index (χ1n) is 9.80. The van der Waals surface area contributed by atoms with Crippen LogP contribution in [0.3, 0.4) is 0 Å². The fourth-order valence-electron chi connectivity index (χ4n) is 3.18. The number of carbonyl (C=O) groups excluding carboxylic acids is 1. The summed E-state index contributed by atoms with van der Waals surface area (Å²) in [5, 5.41) is 12.2. The number of aromatic hydroxyl groups is 1. The minimum absolute atomic E-state index is 0.145. The van der Waals surface area contributed by atoms with Gasteiger partial charge in [0, 0.05) is 12.0 Å². The Morgan fingerprint density at radius 2 is 1.61 bits per heavy atom. The van der Waals surface area contributed by atoms with Gasteiger partial charge in [-0.25, -0.2) is 14.4 Å². The van der Waals surface area contributed by atoms with Crippen LogP contribution >= 0.6 is 0 Å². The number of anilines is 1. The highest BCUT2D eigenvalue weighted by molar-refractivity contribution is 5.92. The van der Waals surface area contributed by atoms with Gasteiger partial charge in [-0.1, -0.05) is 42.5 Å². The van der Waals surface area contributed by atoms with Gasteiger partial charge in [-0.05, 0) is 47.5 Å². The van der Waals surface area contributed by atoms with Crippen LogP contribution in [-0.4, -0.2) is 21.0 Å². The molecule has 0 saturated carbocycles. The summed E-state index contributed by atoms with van der Waals surface area (Å²) in [7, 11) is 0. The first-order valence-corrected chi connectivity index (χ1v) is 9.80. The highest BCUT2D eigenvalue weighted by Crippen LogP contribution is 2.22. The van der Waals surface area contributed by atoms with Gasteiger partial charge in [-0.2, -0.15) is 0 Å². The lowest BCUT2D eigenvalue weighted by Gasteiger charge is -2.12. The van der Waals surface area contributed by atoms with Crippen molar-refractivity contribution in [3.05, 3.63) is 108 Å². The third-order valence-electron chi connectivity index (χ3n) is 4.76. The molecule has 0 unspecified atom stereocenters. The molecule has 154 valence electrons. The zero-order valence-electron chi connectivity index (χ0n) is 16.6. The Hall–Kier alpha value is -4.06. The Morgan fingerprint density at radius 3 is 2.32 bits per heavy atom. The average molecular weight is 413 g/mol. The number of hydrogen-bond acceptors (Lipinski definition) is 4. The Morgan fingerprint density at radius 1 is 0.903 bits per heavy atom. The van der Waals surface area contributed by atoms with Crippen molar-refractivity contribution >= 4 is 11.7 Å². The van der Waals surface area contributed by atoms with E-state index in [1.54, 1.807) is 42.6 Å². The second kappa shape index (κ2) is 9.17. The quantitative estimate of drug-likeness (QED) is 0.478. The number of hydrogen-bond donors (Lipinski definition) is 2. The van der Waals surface area contributed by atoms with Crippen LogP contribution in [0.25, 0.3) is 11.3 Å². The zero-order valence-corrected chi connectivity index (χ0v) is 16.6. The molecule has 1 heterocycles.